The van der Waals surface area contributed by atoms with Crippen molar-refractivity contribution in [2.24, 2.45) is 5.73 Å². The van der Waals surface area contributed by atoms with E-state index in [9.17, 15) is 24.4 Å². The highest BCUT2D eigenvalue weighted by atomic mass is 79.9. The van der Waals surface area contributed by atoms with Crippen LogP contribution in [0, 0.1) is 15.9 Å². The number of rotatable bonds is 3. The van der Waals surface area contributed by atoms with Gasteiger partial charge in [-0.3, -0.25) is 14.9 Å². The fraction of sp³-hybridized carbons (Fsp3) is 0.125. The van der Waals surface area contributed by atoms with E-state index in [0.29, 0.717) is 6.07 Å². The molecule has 1 aromatic carbocycles. The van der Waals surface area contributed by atoms with Crippen LogP contribution < -0.4 is 5.73 Å². The molecule has 0 aliphatic carbocycles. The van der Waals surface area contributed by atoms with Gasteiger partial charge in [-0.15, -0.1) is 0 Å². The first kappa shape index (κ1) is 13.3. The molecule has 0 bridgehead atoms. The van der Waals surface area contributed by atoms with E-state index in [4.69, 9.17) is 10.8 Å². The van der Waals surface area contributed by atoms with Crippen molar-refractivity contribution in [2.75, 3.05) is 0 Å². The van der Waals surface area contributed by atoms with Gasteiger partial charge in [0.2, 0.25) is 5.82 Å². The zero-order valence-corrected chi connectivity index (χ0v) is 9.64. The highest BCUT2D eigenvalue weighted by Crippen LogP contribution is 2.38. The number of phenolic OH excluding ortho intramolecular Hbond substituents is 1. The maximum absolute atomic E-state index is 13.3. The van der Waals surface area contributed by atoms with Gasteiger partial charge >= 0.3 is 11.7 Å². The lowest BCUT2D eigenvalue weighted by Crippen LogP contribution is -2.21. The van der Waals surface area contributed by atoms with Crippen LogP contribution in [-0.4, -0.2) is 21.1 Å². The summed E-state index contributed by atoms with van der Waals surface area (Å²) in [6, 6.07) is -1.10. The van der Waals surface area contributed by atoms with E-state index in [2.05, 4.69) is 15.9 Å². The molecule has 9 heteroatoms. The lowest BCUT2D eigenvalue weighted by molar-refractivity contribution is -0.387. The lowest BCUT2D eigenvalue weighted by atomic mass is 10.1. The van der Waals surface area contributed by atoms with Gasteiger partial charge in [-0.05, 0) is 15.9 Å². The molecule has 0 spiro atoms. The van der Waals surface area contributed by atoms with Crippen molar-refractivity contribution in [2.45, 2.75) is 6.04 Å². The number of phenols is 1. The van der Waals surface area contributed by atoms with Crippen LogP contribution in [0.5, 0.6) is 5.75 Å². The number of nitro benzene ring substituents is 1. The van der Waals surface area contributed by atoms with Gasteiger partial charge in [-0.25, -0.2) is 0 Å². The molecular weight excluding hydrogens is 303 g/mol. The summed E-state index contributed by atoms with van der Waals surface area (Å²) < 4.78 is 12.7. The maximum Gasteiger partial charge on any atom is 0.325 e. The highest BCUT2D eigenvalue weighted by Gasteiger charge is 2.28. The summed E-state index contributed by atoms with van der Waals surface area (Å²) >= 11 is 2.59. The molecule has 7 nitrogen and oxygen atoms in total. The molecule has 0 heterocycles. The molecule has 0 aliphatic rings. The summed E-state index contributed by atoms with van der Waals surface area (Å²) in [5, 5.41) is 28.6. The van der Waals surface area contributed by atoms with Crippen LogP contribution in [0.1, 0.15) is 11.6 Å². The van der Waals surface area contributed by atoms with E-state index in [1.54, 1.807) is 0 Å². The van der Waals surface area contributed by atoms with E-state index in [-0.39, 0.29) is 0 Å². The van der Waals surface area contributed by atoms with Gasteiger partial charge in [0.1, 0.15) is 16.3 Å². The van der Waals surface area contributed by atoms with E-state index >= 15 is 0 Å². The molecule has 1 rings (SSSR count). The van der Waals surface area contributed by atoms with Gasteiger partial charge in [0.15, 0.2) is 0 Å². The molecular formula is C8H6BrFN2O5. The van der Waals surface area contributed by atoms with Crippen molar-refractivity contribution in [1.82, 2.24) is 0 Å². The summed E-state index contributed by atoms with van der Waals surface area (Å²) in [4.78, 5) is 20.1. The van der Waals surface area contributed by atoms with Crippen molar-refractivity contribution in [3.05, 3.63) is 32.0 Å². The summed E-state index contributed by atoms with van der Waals surface area (Å²) in [7, 11) is 0. The number of aromatic hydroxyl groups is 1. The van der Waals surface area contributed by atoms with Gasteiger partial charge in [-0.2, -0.15) is 4.39 Å². The Bertz CT molecular complexity index is 507. The number of carboxylic acids is 1. The second kappa shape index (κ2) is 4.63. The molecule has 92 valence electrons. The number of carboxylic acid groups (broad SMARTS) is 1. The molecule has 0 fully saturated rings. The topological polar surface area (TPSA) is 127 Å². The fourth-order valence-electron chi connectivity index (χ4n) is 1.13. The number of benzene rings is 1. The highest BCUT2D eigenvalue weighted by molar-refractivity contribution is 9.10. The number of nitrogens with two attached hydrogens (primary N) is 1. The van der Waals surface area contributed by atoms with Gasteiger partial charge in [0.05, 0.1) is 4.92 Å². The van der Waals surface area contributed by atoms with Crippen LogP contribution in [0.2, 0.25) is 0 Å². The Labute approximate surface area is 102 Å². The molecule has 0 saturated carbocycles. The summed E-state index contributed by atoms with van der Waals surface area (Å²) in [5.74, 6) is -3.58. The Balaban J connectivity index is 3.52. The Morgan fingerprint density at radius 3 is 2.59 bits per heavy atom. The van der Waals surface area contributed by atoms with Gasteiger partial charge in [0.25, 0.3) is 0 Å². The number of hydrogen-bond acceptors (Lipinski definition) is 5. The normalized spacial score (nSPS) is 12.2. The molecule has 0 unspecified atom stereocenters. The molecule has 0 radical (unpaired) electrons. The van der Waals surface area contributed by atoms with Crippen LogP contribution in [-0.2, 0) is 4.79 Å². The third-order valence-corrected chi connectivity index (χ3v) is 2.71. The minimum atomic E-state index is -1.69. The van der Waals surface area contributed by atoms with Crippen molar-refractivity contribution < 1.29 is 24.3 Å². The van der Waals surface area contributed by atoms with Crippen molar-refractivity contribution >= 4 is 27.6 Å². The van der Waals surface area contributed by atoms with Crippen LogP contribution in [0.3, 0.4) is 0 Å². The second-order valence-corrected chi connectivity index (χ2v) is 3.83. The predicted molar refractivity (Wildman–Crippen MR) is 57.0 cm³/mol. The first-order valence-electron chi connectivity index (χ1n) is 4.11. The Hall–Kier alpha value is -1.74. The molecule has 0 aromatic heterocycles. The van der Waals surface area contributed by atoms with Crippen LogP contribution in [0.15, 0.2) is 10.5 Å². The molecule has 0 amide bonds. The lowest BCUT2D eigenvalue weighted by Gasteiger charge is -2.10. The smallest absolute Gasteiger partial charge is 0.325 e. The Morgan fingerprint density at radius 1 is 1.65 bits per heavy atom. The number of nitro groups is 1. The average molecular weight is 309 g/mol. The van der Waals surface area contributed by atoms with E-state index in [1.165, 1.54) is 0 Å². The molecule has 1 aromatic rings. The zero-order valence-electron chi connectivity index (χ0n) is 8.05. The standard InChI is InChI=1S/C8H6BrFN2O5/c9-4-5(10)3(12(16)17)1-2(7(4)13)6(11)8(14)15/h1,6,13H,11H2,(H,14,15)/t6-/m0/s1. The number of hydrogen-bond donors (Lipinski definition) is 3. The van der Waals surface area contributed by atoms with Crippen LogP contribution in [0.25, 0.3) is 0 Å². The predicted octanol–water partition coefficient (Wildman–Crippen LogP) is 1.29. The molecule has 0 aliphatic heterocycles. The number of halogens is 2. The first-order chi connectivity index (χ1) is 7.77. The second-order valence-electron chi connectivity index (χ2n) is 3.03. The molecule has 0 saturated heterocycles. The summed E-state index contributed by atoms with van der Waals surface area (Å²) in [5.41, 5.74) is 3.78. The van der Waals surface area contributed by atoms with Crippen molar-refractivity contribution in [3.63, 3.8) is 0 Å². The number of nitrogens with zero attached hydrogens (tertiary/aromatic N) is 1. The molecule has 17 heavy (non-hydrogen) atoms. The number of aliphatic carboxylic acids is 1. The minimum absolute atomic E-state index is 0.447. The quantitative estimate of drug-likeness (QED) is 0.570. The Kier molecular flexibility index (Phi) is 3.63. The summed E-state index contributed by atoms with van der Waals surface area (Å²) in [6.45, 7) is 0. The molecule has 1 atom stereocenters. The minimum Gasteiger partial charge on any atom is -0.506 e. The molecule has 4 N–H and O–H groups in total. The van der Waals surface area contributed by atoms with Gasteiger partial charge in [0, 0.05) is 11.6 Å². The third-order valence-electron chi connectivity index (χ3n) is 1.99. The SMILES string of the molecule is N[C@H](C(=O)O)c1cc([N+](=O)[O-])c(F)c(Br)c1O. The van der Waals surface area contributed by atoms with Crippen molar-refractivity contribution in [1.29, 1.82) is 0 Å². The van der Waals surface area contributed by atoms with E-state index in [1.807, 2.05) is 0 Å². The van der Waals surface area contributed by atoms with Gasteiger partial charge in [-0.1, -0.05) is 0 Å². The van der Waals surface area contributed by atoms with Crippen molar-refractivity contribution in [3.8, 4) is 5.75 Å². The average Bonchev–Trinajstić information content (AvgIpc) is 2.24. The van der Waals surface area contributed by atoms with E-state index < -0.39 is 44.2 Å². The van der Waals surface area contributed by atoms with Crippen LogP contribution >= 0.6 is 15.9 Å². The Morgan fingerprint density at radius 2 is 2.18 bits per heavy atom. The van der Waals surface area contributed by atoms with Gasteiger partial charge < -0.3 is 15.9 Å². The van der Waals surface area contributed by atoms with E-state index in [0.717, 1.165) is 0 Å². The summed E-state index contributed by atoms with van der Waals surface area (Å²) in [6.07, 6.45) is 0. The fourth-order valence-corrected chi connectivity index (χ4v) is 1.56. The largest absolute Gasteiger partial charge is 0.506 e. The van der Waals surface area contributed by atoms with Crippen LogP contribution in [0.4, 0.5) is 10.1 Å². The maximum atomic E-state index is 13.3. The third kappa shape index (κ3) is 2.34. The monoisotopic (exact) mass is 308 g/mol. The number of carbonyl (C=O) groups is 1. The first-order valence-corrected chi connectivity index (χ1v) is 4.90. The zero-order chi connectivity index (χ0) is 13.3.